The fourth-order valence-electron chi connectivity index (χ4n) is 3.87. The van der Waals surface area contributed by atoms with Crippen molar-refractivity contribution in [2.24, 2.45) is 0 Å². The number of carbonyl (C=O) groups is 3. The van der Waals surface area contributed by atoms with E-state index in [1.54, 1.807) is 19.1 Å². The van der Waals surface area contributed by atoms with Crippen molar-refractivity contribution >= 4 is 33.8 Å². The maximum atomic E-state index is 13.0. The molecular formula is C22H22BrN3O3. The standard InChI is InChI=1S/C22H22BrN3O3/c1-21(16-9-5-6-10-17(16)23)19(28)26(20(29)25-21)13-18(27)24-14-22(11-12-22)15-7-3-2-4-8-15/h2-10H,11-14H2,1H3,(H,24,27)(H,25,29). The Bertz CT molecular complexity index is 974. The molecule has 1 atom stereocenters. The minimum absolute atomic E-state index is 0.0301. The second-order valence-electron chi connectivity index (χ2n) is 7.85. The number of carbonyl (C=O) groups excluding carboxylic acids is 3. The Morgan fingerprint density at radius 2 is 1.76 bits per heavy atom. The van der Waals surface area contributed by atoms with Crippen LogP contribution in [0.5, 0.6) is 0 Å². The molecule has 7 heteroatoms. The van der Waals surface area contributed by atoms with E-state index in [9.17, 15) is 14.4 Å². The highest BCUT2D eigenvalue weighted by molar-refractivity contribution is 9.10. The molecule has 1 unspecified atom stereocenters. The monoisotopic (exact) mass is 455 g/mol. The van der Waals surface area contributed by atoms with E-state index >= 15 is 0 Å². The topological polar surface area (TPSA) is 78.5 Å². The van der Waals surface area contributed by atoms with Gasteiger partial charge in [0.05, 0.1) is 0 Å². The number of hydrogen-bond acceptors (Lipinski definition) is 3. The third-order valence-corrected chi connectivity index (χ3v) is 6.54. The van der Waals surface area contributed by atoms with Crippen LogP contribution in [0.3, 0.4) is 0 Å². The molecule has 2 aliphatic rings. The largest absolute Gasteiger partial charge is 0.354 e. The summed E-state index contributed by atoms with van der Waals surface area (Å²) in [5, 5.41) is 5.64. The number of halogens is 1. The van der Waals surface area contributed by atoms with Crippen LogP contribution in [0.15, 0.2) is 59.1 Å². The lowest BCUT2D eigenvalue weighted by molar-refractivity contribution is -0.134. The lowest BCUT2D eigenvalue weighted by Crippen LogP contribution is -2.44. The summed E-state index contributed by atoms with van der Waals surface area (Å²) < 4.78 is 0.723. The van der Waals surface area contributed by atoms with Crippen molar-refractivity contribution in [2.45, 2.75) is 30.7 Å². The van der Waals surface area contributed by atoms with Crippen LogP contribution in [0.2, 0.25) is 0 Å². The molecule has 2 aromatic carbocycles. The highest BCUT2D eigenvalue weighted by Crippen LogP contribution is 2.47. The van der Waals surface area contributed by atoms with Crippen molar-refractivity contribution < 1.29 is 14.4 Å². The van der Waals surface area contributed by atoms with Gasteiger partial charge >= 0.3 is 6.03 Å². The van der Waals surface area contributed by atoms with E-state index in [2.05, 4.69) is 38.7 Å². The molecule has 1 saturated carbocycles. The van der Waals surface area contributed by atoms with Crippen LogP contribution < -0.4 is 10.6 Å². The van der Waals surface area contributed by atoms with Crippen LogP contribution in [-0.4, -0.2) is 35.8 Å². The first kappa shape index (κ1) is 19.6. The van der Waals surface area contributed by atoms with Gasteiger partial charge in [-0.25, -0.2) is 4.79 Å². The quantitative estimate of drug-likeness (QED) is 0.656. The van der Waals surface area contributed by atoms with E-state index in [0.29, 0.717) is 12.1 Å². The molecule has 0 bridgehead atoms. The second-order valence-corrected chi connectivity index (χ2v) is 8.70. The van der Waals surface area contributed by atoms with Crippen molar-refractivity contribution in [3.63, 3.8) is 0 Å². The fourth-order valence-corrected chi connectivity index (χ4v) is 4.55. The van der Waals surface area contributed by atoms with Crippen LogP contribution in [0.4, 0.5) is 4.79 Å². The third-order valence-electron chi connectivity index (χ3n) is 5.85. The minimum atomic E-state index is -1.21. The first-order valence-electron chi connectivity index (χ1n) is 9.57. The minimum Gasteiger partial charge on any atom is -0.354 e. The van der Waals surface area contributed by atoms with Crippen LogP contribution in [0.25, 0.3) is 0 Å². The molecule has 2 N–H and O–H groups in total. The number of hydrogen-bond donors (Lipinski definition) is 2. The number of benzene rings is 2. The van der Waals surface area contributed by atoms with Crippen LogP contribution >= 0.6 is 15.9 Å². The molecule has 150 valence electrons. The molecule has 29 heavy (non-hydrogen) atoms. The van der Waals surface area contributed by atoms with Crippen molar-refractivity contribution in [2.75, 3.05) is 13.1 Å². The highest BCUT2D eigenvalue weighted by Gasteiger charge is 2.50. The number of imide groups is 1. The van der Waals surface area contributed by atoms with Crippen LogP contribution in [0.1, 0.15) is 30.9 Å². The summed E-state index contributed by atoms with van der Waals surface area (Å²) in [5.41, 5.74) is 0.621. The number of rotatable bonds is 6. The molecule has 1 heterocycles. The van der Waals surface area contributed by atoms with Gasteiger partial charge in [-0.3, -0.25) is 14.5 Å². The van der Waals surface area contributed by atoms with E-state index in [0.717, 1.165) is 22.2 Å². The maximum absolute atomic E-state index is 13.0. The van der Waals surface area contributed by atoms with Gasteiger partial charge in [-0.1, -0.05) is 64.5 Å². The van der Waals surface area contributed by atoms with E-state index in [-0.39, 0.29) is 17.9 Å². The first-order valence-corrected chi connectivity index (χ1v) is 10.4. The summed E-state index contributed by atoms with van der Waals surface area (Å²) in [7, 11) is 0. The lowest BCUT2D eigenvalue weighted by atomic mass is 9.92. The van der Waals surface area contributed by atoms with Crippen LogP contribution in [0, 0.1) is 0 Å². The maximum Gasteiger partial charge on any atom is 0.325 e. The zero-order valence-corrected chi connectivity index (χ0v) is 17.7. The van der Waals surface area contributed by atoms with Gasteiger partial charge in [0.25, 0.3) is 5.91 Å². The summed E-state index contributed by atoms with van der Waals surface area (Å²) in [5.74, 6) is -0.777. The van der Waals surface area contributed by atoms with Gasteiger partial charge in [-0.2, -0.15) is 0 Å². The van der Waals surface area contributed by atoms with Crippen molar-refractivity contribution in [3.05, 3.63) is 70.2 Å². The predicted molar refractivity (Wildman–Crippen MR) is 112 cm³/mol. The van der Waals surface area contributed by atoms with E-state index in [4.69, 9.17) is 0 Å². The zero-order chi connectivity index (χ0) is 20.6. The van der Waals surface area contributed by atoms with Crippen LogP contribution in [-0.2, 0) is 20.5 Å². The molecule has 0 aromatic heterocycles. The zero-order valence-electron chi connectivity index (χ0n) is 16.1. The summed E-state index contributed by atoms with van der Waals surface area (Å²) >= 11 is 3.43. The van der Waals surface area contributed by atoms with E-state index in [1.807, 2.05) is 30.3 Å². The number of urea groups is 1. The fraction of sp³-hybridized carbons (Fsp3) is 0.318. The third kappa shape index (κ3) is 3.55. The Morgan fingerprint density at radius 3 is 2.41 bits per heavy atom. The normalized spacial score (nSPS) is 22.3. The van der Waals surface area contributed by atoms with Crippen molar-refractivity contribution in [3.8, 4) is 0 Å². The summed E-state index contributed by atoms with van der Waals surface area (Å²) in [6, 6.07) is 16.8. The Labute approximate surface area is 177 Å². The molecule has 4 amide bonds. The lowest BCUT2D eigenvalue weighted by Gasteiger charge is -2.23. The summed E-state index contributed by atoms with van der Waals surface area (Å²) in [4.78, 5) is 39.0. The van der Waals surface area contributed by atoms with Crippen molar-refractivity contribution in [1.29, 1.82) is 0 Å². The highest BCUT2D eigenvalue weighted by atomic mass is 79.9. The molecule has 1 aliphatic carbocycles. The van der Waals surface area contributed by atoms with Gasteiger partial charge in [-0.05, 0) is 31.4 Å². The molecule has 1 aliphatic heterocycles. The molecule has 2 aromatic rings. The molecule has 4 rings (SSSR count). The van der Waals surface area contributed by atoms with E-state index < -0.39 is 17.5 Å². The van der Waals surface area contributed by atoms with Gasteiger partial charge in [0, 0.05) is 22.0 Å². The van der Waals surface area contributed by atoms with Gasteiger partial charge in [0.15, 0.2) is 0 Å². The first-order chi connectivity index (χ1) is 13.9. The average Bonchev–Trinajstić information content (AvgIpc) is 3.48. The van der Waals surface area contributed by atoms with Gasteiger partial charge in [0.2, 0.25) is 5.91 Å². The molecular weight excluding hydrogens is 434 g/mol. The number of nitrogens with zero attached hydrogens (tertiary/aromatic N) is 1. The molecule has 1 saturated heterocycles. The van der Waals surface area contributed by atoms with Gasteiger partial charge in [0.1, 0.15) is 12.1 Å². The second kappa shape index (κ2) is 7.30. The SMILES string of the molecule is CC1(c2ccccc2Br)NC(=O)N(CC(=O)NCC2(c3ccccc3)CC2)C1=O. The smallest absolute Gasteiger partial charge is 0.325 e. The molecule has 0 spiro atoms. The Hall–Kier alpha value is -2.67. The van der Waals surface area contributed by atoms with Gasteiger partial charge < -0.3 is 10.6 Å². The molecule has 6 nitrogen and oxygen atoms in total. The Kier molecular flexibility index (Phi) is 4.94. The Morgan fingerprint density at radius 1 is 1.10 bits per heavy atom. The van der Waals surface area contributed by atoms with E-state index in [1.165, 1.54) is 5.56 Å². The Balaban J connectivity index is 1.42. The molecule has 2 fully saturated rings. The summed E-state index contributed by atoms with van der Waals surface area (Å²) in [6.45, 7) is 1.86. The average molecular weight is 456 g/mol. The number of amides is 4. The summed E-state index contributed by atoms with van der Waals surface area (Å²) in [6.07, 6.45) is 2.03. The van der Waals surface area contributed by atoms with Crippen molar-refractivity contribution in [1.82, 2.24) is 15.5 Å². The van der Waals surface area contributed by atoms with Gasteiger partial charge in [-0.15, -0.1) is 0 Å². The predicted octanol–water partition coefficient (Wildman–Crippen LogP) is 3.06. The molecule has 0 radical (unpaired) electrons. The number of nitrogens with one attached hydrogen (secondary N) is 2.